The van der Waals surface area contributed by atoms with Gasteiger partial charge < -0.3 is 9.16 Å². The Morgan fingerprint density at radius 1 is 1.15 bits per heavy atom. The molecule has 0 N–H and O–H groups in total. The summed E-state index contributed by atoms with van der Waals surface area (Å²) >= 11 is 0. The molecule has 1 atom stereocenters. The molecule has 0 amide bonds. The molecule has 1 unspecified atom stereocenters. The molecule has 2 aliphatic rings. The van der Waals surface area contributed by atoms with Crippen molar-refractivity contribution in [2.24, 2.45) is 5.92 Å². The molecule has 27 heavy (non-hydrogen) atoms. The summed E-state index contributed by atoms with van der Waals surface area (Å²) in [6.07, 6.45) is 11.5. The zero-order chi connectivity index (χ0) is 19.3. The smallest absolute Gasteiger partial charge is 0.330 e. The molecule has 4 heteroatoms. The summed E-state index contributed by atoms with van der Waals surface area (Å²) in [7, 11) is -1.98. The van der Waals surface area contributed by atoms with Crippen molar-refractivity contribution in [2.75, 3.05) is 6.61 Å². The van der Waals surface area contributed by atoms with Gasteiger partial charge in [-0.05, 0) is 67.6 Å². The first-order chi connectivity index (χ1) is 13.0. The highest BCUT2D eigenvalue weighted by Crippen LogP contribution is 2.43. The van der Waals surface area contributed by atoms with Crippen molar-refractivity contribution >= 4 is 19.9 Å². The third-order valence-corrected chi connectivity index (χ3v) is 8.66. The Kier molecular flexibility index (Phi) is 6.72. The molecule has 0 aromatic heterocycles. The van der Waals surface area contributed by atoms with Crippen LogP contribution in [0, 0.1) is 5.92 Å². The molecule has 1 heterocycles. The van der Waals surface area contributed by atoms with Crippen molar-refractivity contribution in [3.8, 4) is 0 Å². The average molecular weight is 385 g/mol. The van der Waals surface area contributed by atoms with Crippen LogP contribution in [0.4, 0.5) is 0 Å². The molecule has 3 rings (SSSR count). The van der Waals surface area contributed by atoms with Crippen molar-refractivity contribution in [1.82, 2.24) is 0 Å². The highest BCUT2D eigenvalue weighted by Gasteiger charge is 2.43. The molecule has 1 saturated heterocycles. The minimum absolute atomic E-state index is 0.284. The molecule has 1 aliphatic carbocycles. The summed E-state index contributed by atoms with van der Waals surface area (Å²) in [4.78, 5) is 11.9. The van der Waals surface area contributed by atoms with Crippen LogP contribution in [-0.4, -0.2) is 27.0 Å². The molecule has 0 spiro atoms. The van der Waals surface area contributed by atoms with Crippen molar-refractivity contribution in [1.29, 1.82) is 0 Å². The van der Waals surface area contributed by atoms with Gasteiger partial charge in [-0.25, -0.2) is 4.79 Å². The third kappa shape index (κ3) is 4.99. The van der Waals surface area contributed by atoms with Crippen LogP contribution in [0.3, 0.4) is 0 Å². The van der Waals surface area contributed by atoms with Gasteiger partial charge in [-0.3, -0.25) is 0 Å². The molecule has 0 radical (unpaired) electrons. The number of rotatable bonds is 5. The lowest BCUT2D eigenvalue weighted by molar-refractivity contribution is -0.137. The number of carbonyl (C=O) groups is 1. The average Bonchev–Trinajstić information content (AvgIpc) is 2.99. The number of hydrogen-bond donors (Lipinski definition) is 0. The Bertz CT molecular complexity index is 700. The van der Waals surface area contributed by atoms with Gasteiger partial charge in [0.05, 0.1) is 12.7 Å². The van der Waals surface area contributed by atoms with E-state index in [1.165, 1.54) is 37.3 Å². The van der Waals surface area contributed by atoms with Crippen LogP contribution in [0.5, 0.6) is 0 Å². The van der Waals surface area contributed by atoms with Gasteiger partial charge in [-0.2, -0.15) is 0 Å². The quantitative estimate of drug-likeness (QED) is 0.372. The second-order valence-corrected chi connectivity index (χ2v) is 12.0. The van der Waals surface area contributed by atoms with Crippen LogP contribution in [0.25, 0.3) is 5.57 Å². The Hall–Kier alpha value is -1.65. The number of ether oxygens (including phenoxy) is 1. The third-order valence-electron chi connectivity index (χ3n) is 5.84. The molecule has 146 valence electrons. The van der Waals surface area contributed by atoms with Crippen molar-refractivity contribution in [2.45, 2.75) is 64.6 Å². The van der Waals surface area contributed by atoms with Gasteiger partial charge in [0.2, 0.25) is 8.32 Å². The second-order valence-electron chi connectivity index (χ2n) is 8.11. The Morgan fingerprint density at radius 3 is 2.52 bits per heavy atom. The maximum Gasteiger partial charge on any atom is 0.330 e. The highest BCUT2D eigenvalue weighted by molar-refractivity contribution is 6.80. The van der Waals surface area contributed by atoms with E-state index < -0.39 is 8.32 Å². The molecule has 0 bridgehead atoms. The Balaban J connectivity index is 1.94. The van der Waals surface area contributed by atoms with Gasteiger partial charge in [-0.15, -0.1) is 0 Å². The second kappa shape index (κ2) is 9.02. The molecule has 1 aliphatic heterocycles. The highest BCUT2D eigenvalue weighted by atomic mass is 28.4. The molecule has 3 nitrogen and oxygen atoms in total. The number of carbonyl (C=O) groups excluding carboxylic acids is 1. The zero-order valence-corrected chi connectivity index (χ0v) is 17.9. The van der Waals surface area contributed by atoms with Crippen molar-refractivity contribution in [3.05, 3.63) is 53.2 Å². The monoisotopic (exact) mass is 384 g/mol. The maximum absolute atomic E-state index is 11.9. The molecule has 1 aromatic rings. The Labute approximate surface area is 164 Å². The summed E-state index contributed by atoms with van der Waals surface area (Å²) in [5.41, 5.74) is 2.31. The molecule has 1 saturated carbocycles. The molecule has 2 fully saturated rings. The minimum Gasteiger partial charge on any atom is -0.463 e. The van der Waals surface area contributed by atoms with E-state index in [-0.39, 0.29) is 5.97 Å². The van der Waals surface area contributed by atoms with Crippen LogP contribution >= 0.6 is 0 Å². The fourth-order valence-electron chi connectivity index (χ4n) is 4.47. The van der Waals surface area contributed by atoms with Crippen molar-refractivity contribution in [3.63, 3.8) is 0 Å². The summed E-state index contributed by atoms with van der Waals surface area (Å²) in [6.45, 7) is 6.82. The van der Waals surface area contributed by atoms with E-state index in [4.69, 9.17) is 9.16 Å². The first kappa shape index (κ1) is 20.1. The van der Waals surface area contributed by atoms with Crippen LogP contribution in [0.2, 0.25) is 13.1 Å². The maximum atomic E-state index is 11.9. The van der Waals surface area contributed by atoms with Crippen LogP contribution in [0.1, 0.15) is 51.0 Å². The number of allylic oxidation sites excluding steroid dienone is 2. The lowest BCUT2D eigenvalue weighted by Crippen LogP contribution is -2.31. The van der Waals surface area contributed by atoms with Crippen LogP contribution in [0.15, 0.2) is 47.7 Å². The van der Waals surface area contributed by atoms with Crippen LogP contribution in [-0.2, 0) is 14.0 Å². The number of benzene rings is 1. The lowest BCUT2D eigenvalue weighted by Gasteiger charge is -2.28. The molecule has 1 aromatic carbocycles. The van der Waals surface area contributed by atoms with Gasteiger partial charge in [-0.1, -0.05) is 49.6 Å². The normalized spacial score (nSPS) is 24.9. The summed E-state index contributed by atoms with van der Waals surface area (Å²) in [6, 6.07) is 10.4. The fourth-order valence-corrected chi connectivity index (χ4v) is 7.22. The number of hydrogen-bond acceptors (Lipinski definition) is 3. The van der Waals surface area contributed by atoms with Gasteiger partial charge in [0.1, 0.15) is 0 Å². The predicted molar refractivity (Wildman–Crippen MR) is 113 cm³/mol. The van der Waals surface area contributed by atoms with E-state index in [1.54, 1.807) is 6.08 Å². The van der Waals surface area contributed by atoms with E-state index in [0.29, 0.717) is 18.6 Å². The Morgan fingerprint density at radius 2 is 1.85 bits per heavy atom. The molecular formula is C23H32O3Si. The standard InChI is InChI=1S/C23H32O3Si/c1-4-25-23(24)16-15-20(18-11-7-5-8-12-18)22-17-21(26-27(22,2)3)19-13-9-6-10-14-19/h5,7-8,11-12,15-16,19,21H,4,6,9-10,13-14,17H2,1-3H3/b16-15+,22-20+. The first-order valence-corrected chi connectivity index (χ1v) is 13.2. The largest absolute Gasteiger partial charge is 0.463 e. The topological polar surface area (TPSA) is 35.5 Å². The van der Waals surface area contributed by atoms with E-state index in [0.717, 1.165) is 17.6 Å². The van der Waals surface area contributed by atoms with Gasteiger partial charge in [0.25, 0.3) is 0 Å². The zero-order valence-electron chi connectivity index (χ0n) is 16.9. The predicted octanol–water partition coefficient (Wildman–Crippen LogP) is 5.67. The fraction of sp³-hybridized carbons (Fsp3) is 0.522. The van der Waals surface area contributed by atoms with Gasteiger partial charge >= 0.3 is 5.97 Å². The summed E-state index contributed by atoms with van der Waals surface area (Å²) in [5, 5.41) is 1.42. The minimum atomic E-state index is -1.98. The lowest BCUT2D eigenvalue weighted by atomic mass is 9.84. The van der Waals surface area contributed by atoms with Gasteiger partial charge in [0, 0.05) is 6.08 Å². The summed E-state index contributed by atoms with van der Waals surface area (Å²) in [5.74, 6) is 0.405. The SMILES string of the molecule is CCOC(=O)/C=C/C(=C1/CC(C2CCCCC2)O[Si]1(C)C)c1ccccc1. The molecular weight excluding hydrogens is 352 g/mol. The number of esters is 1. The van der Waals surface area contributed by atoms with E-state index in [2.05, 4.69) is 37.4 Å². The van der Waals surface area contributed by atoms with E-state index >= 15 is 0 Å². The van der Waals surface area contributed by atoms with Crippen LogP contribution < -0.4 is 0 Å². The van der Waals surface area contributed by atoms with E-state index in [9.17, 15) is 4.79 Å². The van der Waals surface area contributed by atoms with Crippen molar-refractivity contribution < 1.29 is 14.0 Å². The summed E-state index contributed by atoms with van der Waals surface area (Å²) < 4.78 is 11.8. The van der Waals surface area contributed by atoms with Gasteiger partial charge in [0.15, 0.2) is 0 Å². The van der Waals surface area contributed by atoms with E-state index in [1.807, 2.05) is 19.1 Å². The first-order valence-electron chi connectivity index (χ1n) is 10.3.